The summed E-state index contributed by atoms with van der Waals surface area (Å²) in [6, 6.07) is 17.5. The van der Waals surface area contributed by atoms with Gasteiger partial charge in [-0.1, -0.05) is 48.5 Å². The van der Waals surface area contributed by atoms with Crippen molar-refractivity contribution in [2.75, 3.05) is 14.1 Å². The number of likely N-dealkylation sites (N-methyl/N-ethyl adjacent to an activating group) is 1. The van der Waals surface area contributed by atoms with E-state index in [1.165, 1.54) is 23.5 Å². The van der Waals surface area contributed by atoms with E-state index in [1.54, 1.807) is 19.0 Å². The summed E-state index contributed by atoms with van der Waals surface area (Å²) < 4.78 is 11.3. The first kappa shape index (κ1) is 20.9. The van der Waals surface area contributed by atoms with Crippen molar-refractivity contribution in [2.45, 2.75) is 32.7 Å². The molecule has 0 atom stereocenters. The fourth-order valence-corrected chi connectivity index (χ4v) is 3.61. The molecule has 2 heterocycles. The molecular formula is C25H26N2O4. The highest BCUT2D eigenvalue weighted by molar-refractivity contribution is 5.78. The number of amides is 1. The Morgan fingerprint density at radius 2 is 1.68 bits per heavy atom. The van der Waals surface area contributed by atoms with Crippen molar-refractivity contribution in [1.82, 2.24) is 9.80 Å². The van der Waals surface area contributed by atoms with Gasteiger partial charge < -0.3 is 14.1 Å². The molecule has 1 aromatic heterocycles. The van der Waals surface area contributed by atoms with Crippen LogP contribution in [0.15, 0.2) is 70.1 Å². The molecule has 3 aromatic rings. The lowest BCUT2D eigenvalue weighted by Gasteiger charge is -2.14. The van der Waals surface area contributed by atoms with Crippen LogP contribution in [-0.4, -0.2) is 29.8 Å². The van der Waals surface area contributed by atoms with E-state index in [2.05, 4.69) is 17.0 Å². The number of hydrogen-bond donors (Lipinski definition) is 0. The third-order valence-electron chi connectivity index (χ3n) is 5.41. The number of hydrogen-bond acceptors (Lipinski definition) is 5. The van der Waals surface area contributed by atoms with Gasteiger partial charge in [-0.3, -0.25) is 14.5 Å². The van der Waals surface area contributed by atoms with Gasteiger partial charge in [0.2, 0.25) is 17.1 Å². The zero-order valence-electron chi connectivity index (χ0n) is 17.8. The molecule has 0 unspecified atom stereocenters. The summed E-state index contributed by atoms with van der Waals surface area (Å²) in [6.07, 6.45) is 1.76. The summed E-state index contributed by atoms with van der Waals surface area (Å²) in [5, 5.41) is 0. The molecule has 0 N–H and O–H groups in total. The van der Waals surface area contributed by atoms with Crippen molar-refractivity contribution in [3.63, 3.8) is 0 Å². The van der Waals surface area contributed by atoms with Crippen LogP contribution in [0.2, 0.25) is 0 Å². The van der Waals surface area contributed by atoms with E-state index in [4.69, 9.17) is 9.15 Å². The molecule has 4 rings (SSSR count). The van der Waals surface area contributed by atoms with E-state index in [0.29, 0.717) is 18.7 Å². The minimum Gasteiger partial charge on any atom is -0.482 e. The number of nitrogens with zero attached hydrogens (tertiary/aromatic N) is 2. The van der Waals surface area contributed by atoms with E-state index in [-0.39, 0.29) is 23.7 Å². The Kier molecular flexibility index (Phi) is 6.18. The van der Waals surface area contributed by atoms with Crippen molar-refractivity contribution in [2.24, 2.45) is 0 Å². The van der Waals surface area contributed by atoms with Crippen LogP contribution in [0.5, 0.6) is 5.75 Å². The van der Waals surface area contributed by atoms with Crippen LogP contribution in [0, 0.1) is 0 Å². The first-order valence-corrected chi connectivity index (χ1v) is 10.3. The number of ether oxygens (including phenoxy) is 1. The minimum atomic E-state index is -0.189. The fourth-order valence-electron chi connectivity index (χ4n) is 3.61. The molecule has 0 aliphatic carbocycles. The molecule has 1 aliphatic heterocycles. The average Bonchev–Trinajstić information content (AvgIpc) is 3.16. The van der Waals surface area contributed by atoms with Gasteiger partial charge in [0.1, 0.15) is 18.6 Å². The van der Waals surface area contributed by atoms with Gasteiger partial charge in [0, 0.05) is 33.3 Å². The molecule has 0 saturated heterocycles. The second-order valence-corrected chi connectivity index (χ2v) is 8.06. The molecule has 0 saturated carbocycles. The van der Waals surface area contributed by atoms with E-state index in [1.807, 2.05) is 36.4 Å². The van der Waals surface area contributed by atoms with Crippen LogP contribution in [0.3, 0.4) is 0 Å². The van der Waals surface area contributed by atoms with Crippen LogP contribution in [0.25, 0.3) is 0 Å². The predicted molar refractivity (Wildman–Crippen MR) is 118 cm³/mol. The first-order valence-electron chi connectivity index (χ1n) is 10.3. The smallest absolute Gasteiger partial charge is 0.227 e. The Morgan fingerprint density at radius 3 is 2.29 bits per heavy atom. The van der Waals surface area contributed by atoms with Gasteiger partial charge in [-0.05, 0) is 22.3 Å². The van der Waals surface area contributed by atoms with E-state index < -0.39 is 0 Å². The number of rotatable bonds is 7. The highest BCUT2D eigenvalue weighted by atomic mass is 16.5. The molecular weight excluding hydrogens is 392 g/mol. The van der Waals surface area contributed by atoms with Gasteiger partial charge >= 0.3 is 0 Å². The number of fused-ring (bicyclic) bond motifs is 1. The molecule has 160 valence electrons. The Balaban J connectivity index is 1.32. The number of benzene rings is 2. The quantitative estimate of drug-likeness (QED) is 0.589. The van der Waals surface area contributed by atoms with E-state index >= 15 is 0 Å². The lowest BCUT2D eigenvalue weighted by atomic mass is 10.1. The summed E-state index contributed by atoms with van der Waals surface area (Å²) >= 11 is 0. The largest absolute Gasteiger partial charge is 0.482 e. The molecule has 0 spiro atoms. The van der Waals surface area contributed by atoms with Crippen LogP contribution in [-0.2, 0) is 37.5 Å². The summed E-state index contributed by atoms with van der Waals surface area (Å²) in [5.74, 6) is 0.875. The van der Waals surface area contributed by atoms with E-state index in [9.17, 15) is 9.59 Å². The third-order valence-corrected chi connectivity index (χ3v) is 5.41. The highest BCUT2D eigenvalue weighted by Gasteiger charge is 2.19. The standard InChI is InChI=1S/C25H26N2O4/c1-26(2)25(29)11-18-7-9-19(10-8-18)16-31-24-17-30-22(12-23(24)28)15-27-13-20-5-3-4-6-21(20)14-27/h3-10,12,17H,11,13-16H2,1-2H3. The minimum absolute atomic E-state index is 0.0551. The molecule has 0 fully saturated rings. The molecule has 0 radical (unpaired) electrons. The van der Waals surface area contributed by atoms with Gasteiger partial charge in [0.15, 0.2) is 0 Å². The van der Waals surface area contributed by atoms with Gasteiger partial charge in [-0.25, -0.2) is 0 Å². The maximum Gasteiger partial charge on any atom is 0.227 e. The highest BCUT2D eigenvalue weighted by Crippen LogP contribution is 2.24. The molecule has 1 aliphatic rings. The van der Waals surface area contributed by atoms with Gasteiger partial charge in [0.05, 0.1) is 13.0 Å². The molecule has 6 nitrogen and oxygen atoms in total. The molecule has 1 amide bonds. The second-order valence-electron chi connectivity index (χ2n) is 8.06. The van der Waals surface area contributed by atoms with Crippen molar-refractivity contribution in [3.8, 4) is 5.75 Å². The van der Waals surface area contributed by atoms with Crippen LogP contribution in [0.1, 0.15) is 28.0 Å². The number of carbonyl (C=O) groups excluding carboxylic acids is 1. The molecule has 31 heavy (non-hydrogen) atoms. The second kappa shape index (κ2) is 9.18. The normalized spacial score (nSPS) is 13.1. The maximum atomic E-state index is 12.4. The van der Waals surface area contributed by atoms with Crippen LogP contribution in [0.4, 0.5) is 0 Å². The molecule has 2 aromatic carbocycles. The zero-order chi connectivity index (χ0) is 21.8. The maximum absolute atomic E-state index is 12.4. The van der Waals surface area contributed by atoms with Crippen molar-refractivity contribution in [1.29, 1.82) is 0 Å². The number of carbonyl (C=O) groups is 1. The van der Waals surface area contributed by atoms with Gasteiger partial charge in [-0.15, -0.1) is 0 Å². The SMILES string of the molecule is CN(C)C(=O)Cc1ccc(COc2coc(CN3Cc4ccccc4C3)cc2=O)cc1. The lowest BCUT2D eigenvalue weighted by Crippen LogP contribution is -2.23. The topological polar surface area (TPSA) is 63.0 Å². The predicted octanol–water partition coefficient (Wildman–Crippen LogP) is 3.37. The molecule has 0 bridgehead atoms. The Labute approximate surface area is 181 Å². The average molecular weight is 418 g/mol. The molecule has 6 heteroatoms. The third kappa shape index (κ3) is 5.22. The van der Waals surface area contributed by atoms with Crippen molar-refractivity contribution < 1.29 is 13.9 Å². The summed E-state index contributed by atoms with van der Waals surface area (Å²) in [7, 11) is 3.48. The van der Waals surface area contributed by atoms with Gasteiger partial charge in [0.25, 0.3) is 0 Å². The van der Waals surface area contributed by atoms with Crippen LogP contribution < -0.4 is 10.2 Å². The summed E-state index contributed by atoms with van der Waals surface area (Å²) in [5.41, 5.74) is 4.31. The summed E-state index contributed by atoms with van der Waals surface area (Å²) in [4.78, 5) is 28.1. The fraction of sp³-hybridized carbons (Fsp3) is 0.280. The first-order chi connectivity index (χ1) is 15.0. The zero-order valence-corrected chi connectivity index (χ0v) is 17.8. The van der Waals surface area contributed by atoms with E-state index in [0.717, 1.165) is 24.2 Å². The van der Waals surface area contributed by atoms with Crippen molar-refractivity contribution >= 4 is 5.91 Å². The monoisotopic (exact) mass is 418 g/mol. The van der Waals surface area contributed by atoms with Crippen LogP contribution >= 0.6 is 0 Å². The van der Waals surface area contributed by atoms with Gasteiger partial charge in [-0.2, -0.15) is 0 Å². The Morgan fingerprint density at radius 1 is 1.03 bits per heavy atom. The Bertz CT molecular complexity index is 1090. The Hall–Kier alpha value is -3.38. The summed E-state index contributed by atoms with van der Waals surface area (Å²) in [6.45, 7) is 2.55. The van der Waals surface area contributed by atoms with Crippen molar-refractivity contribution in [3.05, 3.63) is 99.1 Å². The lowest BCUT2D eigenvalue weighted by molar-refractivity contribution is -0.127.